The minimum Gasteiger partial charge on any atom is -0.481 e. The molecule has 0 saturated heterocycles. The first-order valence-corrected chi connectivity index (χ1v) is 8.80. The zero-order valence-electron chi connectivity index (χ0n) is 14.3. The Morgan fingerprint density at radius 1 is 1.09 bits per heavy atom. The molecule has 1 rings (SSSR count). The highest BCUT2D eigenvalue weighted by Gasteiger charge is 2.49. The molecule has 1 aliphatic rings. The molecule has 4 nitrogen and oxygen atoms in total. The van der Waals surface area contributed by atoms with Gasteiger partial charge in [0.25, 0.3) is 0 Å². The van der Waals surface area contributed by atoms with E-state index in [1.54, 1.807) is 0 Å². The SMILES string of the molecule is CC(C)(CO)CCCCC(CO)CCCCC1(C(=O)O)CC1. The zero-order chi connectivity index (χ0) is 16.6. The molecule has 4 heteroatoms. The fraction of sp³-hybridized carbons (Fsp3) is 0.944. The van der Waals surface area contributed by atoms with Crippen molar-refractivity contribution in [1.82, 2.24) is 0 Å². The van der Waals surface area contributed by atoms with Crippen LogP contribution in [0, 0.1) is 16.7 Å². The lowest BCUT2D eigenvalue weighted by molar-refractivity contribution is -0.143. The molecule has 3 N–H and O–H groups in total. The molecule has 1 aliphatic carbocycles. The first-order valence-electron chi connectivity index (χ1n) is 8.80. The molecule has 0 aromatic heterocycles. The van der Waals surface area contributed by atoms with Gasteiger partial charge in [0.05, 0.1) is 5.41 Å². The summed E-state index contributed by atoms with van der Waals surface area (Å²) >= 11 is 0. The highest BCUT2D eigenvalue weighted by molar-refractivity contribution is 5.77. The van der Waals surface area contributed by atoms with Crippen molar-refractivity contribution in [3.8, 4) is 0 Å². The molecule has 0 bridgehead atoms. The predicted molar refractivity (Wildman–Crippen MR) is 87.7 cm³/mol. The van der Waals surface area contributed by atoms with Crippen molar-refractivity contribution in [2.75, 3.05) is 13.2 Å². The van der Waals surface area contributed by atoms with Crippen molar-refractivity contribution in [2.45, 2.75) is 78.1 Å². The van der Waals surface area contributed by atoms with Crippen LogP contribution in [0.3, 0.4) is 0 Å². The number of carboxylic acid groups (broad SMARTS) is 1. The molecule has 1 saturated carbocycles. The molecule has 0 amide bonds. The molecule has 0 aromatic carbocycles. The lowest BCUT2D eigenvalue weighted by Gasteiger charge is -2.22. The maximum atomic E-state index is 11.1. The molecule has 0 heterocycles. The van der Waals surface area contributed by atoms with E-state index in [0.717, 1.165) is 64.2 Å². The van der Waals surface area contributed by atoms with E-state index in [1.165, 1.54) is 0 Å². The largest absolute Gasteiger partial charge is 0.481 e. The molecule has 0 radical (unpaired) electrons. The van der Waals surface area contributed by atoms with Crippen LogP contribution in [0.2, 0.25) is 0 Å². The lowest BCUT2D eigenvalue weighted by atomic mass is 9.86. The second-order valence-corrected chi connectivity index (χ2v) is 7.95. The minimum atomic E-state index is -0.627. The number of carboxylic acids is 1. The predicted octanol–water partition coefficient (Wildman–Crippen LogP) is 3.60. The second kappa shape index (κ2) is 8.88. The number of hydrogen-bond donors (Lipinski definition) is 3. The fourth-order valence-electron chi connectivity index (χ4n) is 3.06. The third kappa shape index (κ3) is 6.66. The van der Waals surface area contributed by atoms with Gasteiger partial charge in [-0.05, 0) is 49.9 Å². The van der Waals surface area contributed by atoms with Gasteiger partial charge in [-0.1, -0.05) is 39.5 Å². The van der Waals surface area contributed by atoms with Gasteiger partial charge in [0.1, 0.15) is 0 Å². The molecule has 1 atom stereocenters. The van der Waals surface area contributed by atoms with Gasteiger partial charge in [-0.2, -0.15) is 0 Å². The van der Waals surface area contributed by atoms with Crippen LogP contribution in [0.15, 0.2) is 0 Å². The topological polar surface area (TPSA) is 77.8 Å². The molecule has 0 aromatic rings. The van der Waals surface area contributed by atoms with E-state index in [-0.39, 0.29) is 18.6 Å². The van der Waals surface area contributed by atoms with Gasteiger partial charge in [0, 0.05) is 13.2 Å². The van der Waals surface area contributed by atoms with E-state index < -0.39 is 11.4 Å². The molecule has 1 unspecified atom stereocenters. The summed E-state index contributed by atoms with van der Waals surface area (Å²) in [7, 11) is 0. The highest BCUT2D eigenvalue weighted by Crippen LogP contribution is 2.50. The smallest absolute Gasteiger partial charge is 0.309 e. The van der Waals surface area contributed by atoms with Gasteiger partial charge in [-0.15, -0.1) is 0 Å². The van der Waals surface area contributed by atoms with Crippen LogP contribution in [0.1, 0.15) is 78.1 Å². The monoisotopic (exact) mass is 314 g/mol. The Kier molecular flexibility index (Phi) is 7.84. The number of unbranched alkanes of at least 4 members (excludes halogenated alkanes) is 2. The number of aliphatic hydroxyl groups excluding tert-OH is 2. The van der Waals surface area contributed by atoms with E-state index in [9.17, 15) is 15.0 Å². The summed E-state index contributed by atoms with van der Waals surface area (Å²) in [5, 5.41) is 27.8. The van der Waals surface area contributed by atoms with Crippen molar-refractivity contribution in [2.24, 2.45) is 16.7 Å². The lowest BCUT2D eigenvalue weighted by Crippen LogP contribution is -2.16. The van der Waals surface area contributed by atoms with Gasteiger partial charge in [-0.25, -0.2) is 0 Å². The Balaban J connectivity index is 2.08. The average molecular weight is 314 g/mol. The molecular weight excluding hydrogens is 280 g/mol. The van der Waals surface area contributed by atoms with Crippen LogP contribution in [0.25, 0.3) is 0 Å². The molecule has 0 aliphatic heterocycles. The summed E-state index contributed by atoms with van der Waals surface area (Å²) in [6.45, 7) is 4.61. The van der Waals surface area contributed by atoms with E-state index in [1.807, 2.05) is 0 Å². The van der Waals surface area contributed by atoms with Crippen molar-refractivity contribution in [1.29, 1.82) is 0 Å². The number of carbonyl (C=O) groups is 1. The molecule has 22 heavy (non-hydrogen) atoms. The van der Waals surface area contributed by atoms with Crippen LogP contribution >= 0.6 is 0 Å². The van der Waals surface area contributed by atoms with Crippen LogP contribution in [0.4, 0.5) is 0 Å². The van der Waals surface area contributed by atoms with Crippen LogP contribution < -0.4 is 0 Å². The Morgan fingerprint density at radius 2 is 1.68 bits per heavy atom. The Hall–Kier alpha value is -0.610. The molecule has 1 fully saturated rings. The molecule has 0 spiro atoms. The quantitative estimate of drug-likeness (QED) is 0.454. The molecular formula is C18H34O4. The second-order valence-electron chi connectivity index (χ2n) is 7.95. The van der Waals surface area contributed by atoms with Gasteiger partial charge in [-0.3, -0.25) is 4.79 Å². The van der Waals surface area contributed by atoms with Crippen molar-refractivity contribution in [3.63, 3.8) is 0 Å². The summed E-state index contributed by atoms with van der Waals surface area (Å²) < 4.78 is 0. The third-order valence-electron chi connectivity index (χ3n) is 5.23. The summed E-state index contributed by atoms with van der Waals surface area (Å²) in [6, 6.07) is 0. The van der Waals surface area contributed by atoms with Gasteiger partial charge in [0.15, 0.2) is 0 Å². The Morgan fingerprint density at radius 3 is 2.14 bits per heavy atom. The van der Waals surface area contributed by atoms with Crippen LogP contribution in [-0.2, 0) is 4.79 Å². The normalized spacial score (nSPS) is 18.2. The average Bonchev–Trinajstić information content (AvgIpc) is 3.27. The first kappa shape index (κ1) is 19.4. The first-order chi connectivity index (χ1) is 10.4. The maximum absolute atomic E-state index is 11.1. The summed E-state index contributed by atoms with van der Waals surface area (Å²) in [4.78, 5) is 11.1. The Labute approximate surface area is 134 Å². The maximum Gasteiger partial charge on any atom is 0.309 e. The standard InChI is InChI=1S/C18H34O4/c1-17(2,14-20)9-5-3-7-15(13-19)8-4-6-10-18(11-12-18)16(21)22/h15,19-20H,3-14H2,1-2H3,(H,21,22). The van der Waals surface area contributed by atoms with Gasteiger partial charge < -0.3 is 15.3 Å². The Bertz CT molecular complexity index is 334. The van der Waals surface area contributed by atoms with Crippen molar-refractivity contribution < 1.29 is 20.1 Å². The van der Waals surface area contributed by atoms with E-state index in [0.29, 0.717) is 5.92 Å². The number of aliphatic hydroxyl groups is 2. The van der Waals surface area contributed by atoms with Gasteiger partial charge >= 0.3 is 5.97 Å². The summed E-state index contributed by atoms with van der Waals surface area (Å²) in [6.07, 6.45) is 9.67. The van der Waals surface area contributed by atoms with Crippen molar-refractivity contribution in [3.05, 3.63) is 0 Å². The summed E-state index contributed by atoms with van der Waals surface area (Å²) in [5.74, 6) is -0.282. The van der Waals surface area contributed by atoms with Crippen LogP contribution in [-0.4, -0.2) is 34.5 Å². The molecule has 130 valence electrons. The highest BCUT2D eigenvalue weighted by atomic mass is 16.4. The van der Waals surface area contributed by atoms with E-state index in [4.69, 9.17) is 5.11 Å². The van der Waals surface area contributed by atoms with E-state index in [2.05, 4.69) is 13.8 Å². The minimum absolute atomic E-state index is 0.00409. The fourth-order valence-corrected chi connectivity index (χ4v) is 3.06. The van der Waals surface area contributed by atoms with Gasteiger partial charge in [0.2, 0.25) is 0 Å². The van der Waals surface area contributed by atoms with E-state index >= 15 is 0 Å². The van der Waals surface area contributed by atoms with Crippen LogP contribution in [0.5, 0.6) is 0 Å². The number of aliphatic carboxylic acids is 1. The van der Waals surface area contributed by atoms with Crippen molar-refractivity contribution >= 4 is 5.97 Å². The summed E-state index contributed by atoms with van der Waals surface area (Å²) in [5.41, 5.74) is -0.394. The zero-order valence-corrected chi connectivity index (χ0v) is 14.3. The number of hydrogen-bond acceptors (Lipinski definition) is 3. The number of rotatable bonds is 13. The third-order valence-corrected chi connectivity index (χ3v) is 5.23.